The summed E-state index contributed by atoms with van der Waals surface area (Å²) >= 11 is 0. The number of carbonyl (C=O) groups excluding carboxylic acids is 1. The van der Waals surface area contributed by atoms with E-state index in [0.29, 0.717) is 6.42 Å². The van der Waals surface area contributed by atoms with Crippen molar-refractivity contribution in [1.29, 1.82) is 0 Å². The maximum Gasteiger partial charge on any atom is 0.305 e. The number of rotatable bonds is 11. The number of esters is 1. The highest BCUT2D eigenvalue weighted by molar-refractivity contribution is 7.87. The average Bonchev–Trinajstić information content (AvgIpc) is 2.47. The Morgan fingerprint density at radius 3 is 2.32 bits per heavy atom. The van der Waals surface area contributed by atoms with Gasteiger partial charge in [0, 0.05) is 22.0 Å². The van der Waals surface area contributed by atoms with Crippen LogP contribution in [0.5, 0.6) is 0 Å². The number of ether oxygens (including phenoxy) is 1. The highest BCUT2D eigenvalue weighted by atomic mass is 32.2. The van der Waals surface area contributed by atoms with E-state index < -0.39 is 10.8 Å². The fourth-order valence-corrected chi connectivity index (χ4v) is 3.98. The lowest BCUT2D eigenvalue weighted by atomic mass is 9.97. The van der Waals surface area contributed by atoms with E-state index in [-0.39, 0.29) is 28.5 Å². The molecule has 0 aliphatic rings. The predicted molar refractivity (Wildman–Crippen MR) is 92.2 cm³/mol. The zero-order valence-corrected chi connectivity index (χ0v) is 15.3. The largest absolute Gasteiger partial charge is 0.469 e. The summed E-state index contributed by atoms with van der Waals surface area (Å²) in [6, 6.07) is 0. The molecule has 0 bridgehead atoms. The van der Waals surface area contributed by atoms with E-state index >= 15 is 0 Å². The Bertz CT molecular complexity index is 360. The molecule has 0 aliphatic carbocycles. The molecule has 0 fully saturated rings. The molecule has 3 atom stereocenters. The van der Waals surface area contributed by atoms with Crippen LogP contribution < -0.4 is 0 Å². The summed E-state index contributed by atoms with van der Waals surface area (Å²) in [5, 5.41) is 9.34. The van der Waals surface area contributed by atoms with Gasteiger partial charge in [-0.15, -0.1) is 6.58 Å². The van der Waals surface area contributed by atoms with Crippen LogP contribution in [0.15, 0.2) is 12.7 Å². The molecule has 1 unspecified atom stereocenters. The van der Waals surface area contributed by atoms with Gasteiger partial charge in [0.25, 0.3) is 0 Å². The van der Waals surface area contributed by atoms with Gasteiger partial charge in [0.2, 0.25) is 0 Å². The molecule has 0 spiro atoms. The Morgan fingerprint density at radius 2 is 1.86 bits per heavy atom. The van der Waals surface area contributed by atoms with Crippen LogP contribution in [0, 0.1) is 5.92 Å². The molecule has 0 aromatic rings. The molecular weight excluding hydrogens is 300 g/mol. The summed E-state index contributed by atoms with van der Waals surface area (Å²) < 4.78 is 16.8. The Hall–Kier alpha value is -0.680. The number of aliphatic hydroxyl groups is 1. The van der Waals surface area contributed by atoms with Crippen LogP contribution in [0.3, 0.4) is 0 Å². The minimum atomic E-state index is -1.10. The van der Waals surface area contributed by atoms with E-state index in [1.54, 1.807) is 0 Å². The van der Waals surface area contributed by atoms with Crippen LogP contribution in [0.4, 0.5) is 0 Å². The van der Waals surface area contributed by atoms with Crippen LogP contribution in [-0.2, 0) is 20.3 Å². The third-order valence-corrected chi connectivity index (χ3v) is 5.99. The van der Waals surface area contributed by atoms with Gasteiger partial charge in [-0.05, 0) is 39.5 Å². The molecule has 4 nitrogen and oxygen atoms in total. The van der Waals surface area contributed by atoms with Gasteiger partial charge < -0.3 is 9.84 Å². The van der Waals surface area contributed by atoms with E-state index in [4.69, 9.17) is 0 Å². The fourth-order valence-electron chi connectivity index (χ4n) is 2.38. The number of allylic oxidation sites excluding steroid dienone is 1. The lowest BCUT2D eigenvalue weighted by molar-refractivity contribution is -0.140. The van der Waals surface area contributed by atoms with Crippen molar-refractivity contribution in [2.45, 2.75) is 69.3 Å². The van der Waals surface area contributed by atoms with E-state index in [1.165, 1.54) is 7.11 Å². The van der Waals surface area contributed by atoms with Gasteiger partial charge in [0.1, 0.15) is 0 Å². The van der Waals surface area contributed by atoms with Gasteiger partial charge in [-0.1, -0.05) is 25.3 Å². The molecule has 0 amide bonds. The second kappa shape index (κ2) is 10.9. The molecule has 0 radical (unpaired) electrons. The standard InChI is InChI=1S/C17H32O4S/c1-6-14(15(13-18)22(20)17(2,3)4)11-9-7-8-10-12-16(19)21-5/h6,14-15,18H,1,7-13H2,2-5H3/t14-,15+,22?/m1/s1. The molecular formula is C17H32O4S. The molecule has 22 heavy (non-hydrogen) atoms. The van der Waals surface area contributed by atoms with Crippen molar-refractivity contribution in [3.63, 3.8) is 0 Å². The van der Waals surface area contributed by atoms with E-state index in [0.717, 1.165) is 32.1 Å². The average molecular weight is 333 g/mol. The number of unbranched alkanes of at least 4 members (excludes halogenated alkanes) is 3. The molecule has 5 heteroatoms. The number of aliphatic hydroxyl groups excluding tert-OH is 1. The molecule has 0 rings (SSSR count). The second-order valence-electron chi connectivity index (χ2n) is 6.56. The summed E-state index contributed by atoms with van der Waals surface area (Å²) in [5.41, 5.74) is 0. The first-order chi connectivity index (χ1) is 10.3. The minimum absolute atomic E-state index is 0.0608. The highest BCUT2D eigenvalue weighted by Crippen LogP contribution is 2.25. The molecule has 1 N–H and O–H groups in total. The third kappa shape index (κ3) is 8.08. The van der Waals surface area contributed by atoms with Gasteiger partial charge in [0.15, 0.2) is 0 Å². The molecule has 0 saturated heterocycles. The smallest absolute Gasteiger partial charge is 0.305 e. The molecule has 0 aromatic heterocycles. The molecule has 0 saturated carbocycles. The van der Waals surface area contributed by atoms with Gasteiger partial charge in [-0.2, -0.15) is 0 Å². The maximum absolute atomic E-state index is 12.5. The van der Waals surface area contributed by atoms with Gasteiger partial charge in [-0.25, -0.2) is 0 Å². The Morgan fingerprint density at radius 1 is 1.27 bits per heavy atom. The SMILES string of the molecule is C=C[C@H](CCCCCCC(=O)OC)[C@H](CO)S(=O)C(C)(C)C. The Labute approximate surface area is 137 Å². The Balaban J connectivity index is 4.22. The lowest BCUT2D eigenvalue weighted by Crippen LogP contribution is -2.38. The van der Waals surface area contributed by atoms with E-state index in [9.17, 15) is 14.1 Å². The summed E-state index contributed by atoms with van der Waals surface area (Å²) in [5.74, 6) is -0.101. The van der Waals surface area contributed by atoms with Gasteiger partial charge in [0.05, 0.1) is 19.0 Å². The van der Waals surface area contributed by atoms with Crippen molar-refractivity contribution in [2.75, 3.05) is 13.7 Å². The maximum atomic E-state index is 12.5. The summed E-state index contributed by atoms with van der Waals surface area (Å²) in [6.07, 6.45) is 6.97. The quantitative estimate of drug-likeness (QED) is 0.358. The number of hydrogen-bond donors (Lipinski definition) is 1. The molecule has 0 aromatic carbocycles. The van der Waals surface area contributed by atoms with E-state index in [1.807, 2.05) is 26.8 Å². The van der Waals surface area contributed by atoms with Crippen molar-refractivity contribution in [3.8, 4) is 0 Å². The van der Waals surface area contributed by atoms with Crippen LogP contribution in [0.1, 0.15) is 59.3 Å². The monoisotopic (exact) mass is 332 g/mol. The molecule has 130 valence electrons. The zero-order valence-electron chi connectivity index (χ0n) is 14.5. The number of methoxy groups -OCH3 is 1. The van der Waals surface area contributed by atoms with Crippen LogP contribution in [0.25, 0.3) is 0 Å². The zero-order chi connectivity index (χ0) is 17.2. The number of hydrogen-bond acceptors (Lipinski definition) is 4. The van der Waals surface area contributed by atoms with Crippen LogP contribution >= 0.6 is 0 Å². The van der Waals surface area contributed by atoms with E-state index in [2.05, 4.69) is 11.3 Å². The summed E-state index contributed by atoms with van der Waals surface area (Å²) in [7, 11) is 0.300. The van der Waals surface area contributed by atoms with Crippen molar-refractivity contribution in [3.05, 3.63) is 12.7 Å². The minimum Gasteiger partial charge on any atom is -0.469 e. The lowest BCUT2D eigenvalue weighted by Gasteiger charge is -2.29. The predicted octanol–water partition coefficient (Wildman–Crippen LogP) is 3.21. The topological polar surface area (TPSA) is 63.6 Å². The normalized spacial score (nSPS) is 15.9. The Kier molecular flexibility index (Phi) is 10.6. The summed E-state index contributed by atoms with van der Waals surface area (Å²) in [6.45, 7) is 9.54. The molecule has 0 heterocycles. The highest BCUT2D eigenvalue weighted by Gasteiger charge is 2.31. The van der Waals surface area contributed by atoms with Crippen molar-refractivity contribution in [1.82, 2.24) is 0 Å². The van der Waals surface area contributed by atoms with Crippen LogP contribution in [-0.4, -0.2) is 39.0 Å². The second-order valence-corrected chi connectivity index (χ2v) is 8.98. The van der Waals surface area contributed by atoms with Crippen molar-refractivity contribution in [2.24, 2.45) is 5.92 Å². The number of carbonyl (C=O) groups is 1. The third-order valence-electron chi connectivity index (χ3n) is 3.73. The first kappa shape index (κ1) is 21.3. The van der Waals surface area contributed by atoms with Crippen molar-refractivity contribution >= 4 is 16.8 Å². The van der Waals surface area contributed by atoms with Gasteiger partial charge >= 0.3 is 5.97 Å². The van der Waals surface area contributed by atoms with Crippen LogP contribution in [0.2, 0.25) is 0 Å². The first-order valence-corrected chi connectivity index (χ1v) is 9.20. The molecule has 0 aliphatic heterocycles. The summed E-state index contributed by atoms with van der Waals surface area (Å²) in [4.78, 5) is 11.0. The first-order valence-electron chi connectivity index (χ1n) is 7.98. The van der Waals surface area contributed by atoms with Crippen molar-refractivity contribution < 1.29 is 18.8 Å². The van der Waals surface area contributed by atoms with Gasteiger partial charge in [-0.3, -0.25) is 9.00 Å². The fraction of sp³-hybridized carbons (Fsp3) is 0.824.